The molecule has 10 heteroatoms. The first-order valence-electron chi connectivity index (χ1n) is 9.06. The minimum atomic E-state index is -1.15. The number of cyclic esters (lactones) is 1. The number of amides is 2. The Kier molecular flexibility index (Phi) is 5.91. The summed E-state index contributed by atoms with van der Waals surface area (Å²) in [5.74, 6) is -1.94. The predicted octanol–water partition coefficient (Wildman–Crippen LogP) is 2.94. The molecule has 1 aliphatic heterocycles. The molecule has 3 heterocycles. The topological polar surface area (TPSA) is 113 Å². The lowest BCUT2D eigenvalue weighted by Crippen LogP contribution is -2.33. The summed E-state index contributed by atoms with van der Waals surface area (Å²) in [7, 11) is 0. The molecular weight excluding hydrogens is 407 g/mol. The average molecular weight is 428 g/mol. The highest BCUT2D eigenvalue weighted by Gasteiger charge is 2.32. The lowest BCUT2D eigenvalue weighted by molar-refractivity contribution is -0.119. The van der Waals surface area contributed by atoms with Crippen LogP contribution in [0.2, 0.25) is 0 Å². The summed E-state index contributed by atoms with van der Waals surface area (Å²) in [5, 5.41) is 11.6. The molecule has 9 nitrogen and oxygen atoms in total. The van der Waals surface area contributed by atoms with Gasteiger partial charge < -0.3 is 19.6 Å². The van der Waals surface area contributed by atoms with Gasteiger partial charge in [0.25, 0.3) is 0 Å². The average Bonchev–Trinajstić information content (AvgIpc) is 3.29. The van der Waals surface area contributed by atoms with E-state index in [1.807, 2.05) is 0 Å². The molecule has 31 heavy (non-hydrogen) atoms. The van der Waals surface area contributed by atoms with E-state index in [-0.39, 0.29) is 37.7 Å². The number of aromatic nitrogens is 2. The minimum Gasteiger partial charge on any atom is -0.476 e. The lowest BCUT2D eigenvalue weighted by atomic mass is 10.1. The fourth-order valence-electron chi connectivity index (χ4n) is 3.25. The normalized spacial score (nSPS) is 15.5. The fraction of sp³-hybridized carbons (Fsp3) is 0.238. The maximum Gasteiger partial charge on any atom is 0.414 e. The molecule has 4 rings (SSSR count). The Bertz CT molecular complexity index is 1180. The fourth-order valence-corrected chi connectivity index (χ4v) is 3.25. The van der Waals surface area contributed by atoms with Gasteiger partial charge in [0, 0.05) is 24.9 Å². The van der Waals surface area contributed by atoms with Gasteiger partial charge in [0.15, 0.2) is 5.69 Å². The van der Waals surface area contributed by atoms with Gasteiger partial charge in [0.1, 0.15) is 17.6 Å². The Morgan fingerprint density at radius 1 is 1.32 bits per heavy atom. The summed E-state index contributed by atoms with van der Waals surface area (Å²) in [4.78, 5) is 39.5. The van der Waals surface area contributed by atoms with Gasteiger partial charge in [-0.3, -0.25) is 9.69 Å². The van der Waals surface area contributed by atoms with E-state index in [0.29, 0.717) is 16.9 Å². The van der Waals surface area contributed by atoms with Crippen molar-refractivity contribution in [2.24, 2.45) is 0 Å². The molecule has 0 spiro atoms. The van der Waals surface area contributed by atoms with Crippen molar-refractivity contribution in [1.82, 2.24) is 14.7 Å². The van der Waals surface area contributed by atoms with E-state index in [4.69, 9.17) is 9.84 Å². The molecule has 3 aromatic rings. The van der Waals surface area contributed by atoms with E-state index < -0.39 is 24.0 Å². The number of halogens is 1. The Balaban J connectivity index is 0.00000272. The number of carbonyl (C=O) groups excluding carboxylic acids is 2. The molecule has 2 amide bonds. The third kappa shape index (κ3) is 4.32. The van der Waals surface area contributed by atoms with Crippen LogP contribution in [-0.2, 0) is 9.53 Å². The van der Waals surface area contributed by atoms with Crippen LogP contribution in [0.1, 0.15) is 24.8 Å². The molecule has 162 valence electrons. The number of nitrogens with one attached hydrogen (secondary N) is 1. The third-order valence-corrected chi connectivity index (χ3v) is 4.71. The maximum absolute atomic E-state index is 14.8. The first-order valence-corrected chi connectivity index (χ1v) is 9.06. The molecular formula is C21H21FN4O5. The molecule has 2 N–H and O–H groups in total. The van der Waals surface area contributed by atoms with E-state index in [0.717, 1.165) is 0 Å². The summed E-state index contributed by atoms with van der Waals surface area (Å²) in [5.41, 5.74) is 1.40. The number of carboxylic acids is 1. The number of anilines is 1. The summed E-state index contributed by atoms with van der Waals surface area (Å²) in [6.07, 6.45) is 1.84. The number of rotatable bonds is 5. The van der Waals surface area contributed by atoms with Crippen LogP contribution in [-0.4, -0.2) is 51.7 Å². The molecule has 0 unspecified atom stereocenters. The van der Waals surface area contributed by atoms with Gasteiger partial charge >= 0.3 is 12.1 Å². The van der Waals surface area contributed by atoms with Crippen molar-refractivity contribution < 1.29 is 28.6 Å². The Morgan fingerprint density at radius 3 is 2.77 bits per heavy atom. The second-order valence-electron chi connectivity index (χ2n) is 6.83. The molecule has 1 aliphatic rings. The molecule has 1 saturated heterocycles. The van der Waals surface area contributed by atoms with Gasteiger partial charge in [0.05, 0.1) is 18.8 Å². The molecule has 1 aromatic carbocycles. The van der Waals surface area contributed by atoms with Crippen LogP contribution in [0.3, 0.4) is 0 Å². The van der Waals surface area contributed by atoms with Gasteiger partial charge in [-0.1, -0.05) is 7.43 Å². The number of fused-ring (bicyclic) bond motifs is 1. The van der Waals surface area contributed by atoms with Crippen molar-refractivity contribution in [1.29, 1.82) is 0 Å². The zero-order valence-corrected chi connectivity index (χ0v) is 15.8. The van der Waals surface area contributed by atoms with Crippen molar-refractivity contribution in [3.05, 3.63) is 54.2 Å². The number of nitrogens with zero attached hydrogens (tertiary/aromatic N) is 3. The van der Waals surface area contributed by atoms with Crippen LogP contribution in [0, 0.1) is 5.82 Å². The summed E-state index contributed by atoms with van der Waals surface area (Å²) in [6.45, 7) is 1.74. The van der Waals surface area contributed by atoms with Gasteiger partial charge in [-0.2, -0.15) is 0 Å². The highest BCUT2D eigenvalue weighted by atomic mass is 19.1. The number of carbonyl (C=O) groups is 3. The van der Waals surface area contributed by atoms with Crippen LogP contribution >= 0.6 is 0 Å². The maximum atomic E-state index is 14.8. The van der Waals surface area contributed by atoms with E-state index >= 15 is 0 Å². The Hall–Kier alpha value is -3.95. The second-order valence-corrected chi connectivity index (χ2v) is 6.83. The Morgan fingerprint density at radius 2 is 2.10 bits per heavy atom. The summed E-state index contributed by atoms with van der Waals surface area (Å²) >= 11 is 0. The molecule has 1 fully saturated rings. The number of imidazole rings is 1. The standard InChI is InChI=1S/C20H17FN4O5.CH4/c1-11(26)22-8-14-9-25(20(29)30-14)13-2-3-15(16(21)7-13)12-4-5-24-10-17(19(27)28)23-18(24)6-12;/h2-7,10,14H,8-9H2,1H3,(H,22,26)(H,27,28);1H4/t14-;/m0./s1. The smallest absolute Gasteiger partial charge is 0.414 e. The first kappa shape index (κ1) is 21.8. The molecule has 0 bridgehead atoms. The molecule has 0 radical (unpaired) electrons. The lowest BCUT2D eigenvalue weighted by Gasteiger charge is -2.14. The van der Waals surface area contributed by atoms with Crippen LogP contribution in [0.4, 0.5) is 14.9 Å². The van der Waals surface area contributed by atoms with Crippen molar-refractivity contribution in [3.63, 3.8) is 0 Å². The number of pyridine rings is 1. The van der Waals surface area contributed by atoms with E-state index in [2.05, 4.69) is 10.3 Å². The minimum absolute atomic E-state index is 0. The molecule has 0 saturated carbocycles. The van der Waals surface area contributed by atoms with Crippen molar-refractivity contribution in [3.8, 4) is 11.1 Å². The quantitative estimate of drug-likeness (QED) is 0.646. The van der Waals surface area contributed by atoms with E-state index in [1.165, 1.54) is 34.6 Å². The number of benzene rings is 1. The van der Waals surface area contributed by atoms with Crippen LogP contribution in [0.5, 0.6) is 0 Å². The number of hydrogen-bond donors (Lipinski definition) is 2. The van der Waals surface area contributed by atoms with Gasteiger partial charge in [-0.05, 0) is 35.9 Å². The Labute approximate surface area is 177 Å². The first-order chi connectivity index (χ1) is 14.3. The highest BCUT2D eigenvalue weighted by Crippen LogP contribution is 2.29. The van der Waals surface area contributed by atoms with Crippen LogP contribution in [0.15, 0.2) is 42.7 Å². The number of carboxylic acid groups (broad SMARTS) is 1. The van der Waals surface area contributed by atoms with Crippen LogP contribution < -0.4 is 10.2 Å². The third-order valence-electron chi connectivity index (χ3n) is 4.71. The number of hydrogen-bond acceptors (Lipinski definition) is 5. The number of aromatic carboxylic acids is 1. The molecule has 0 aliphatic carbocycles. The largest absolute Gasteiger partial charge is 0.476 e. The summed E-state index contributed by atoms with van der Waals surface area (Å²) in [6, 6.07) is 7.59. The van der Waals surface area contributed by atoms with E-state index in [1.54, 1.807) is 24.4 Å². The van der Waals surface area contributed by atoms with Crippen molar-refractivity contribution >= 4 is 29.3 Å². The zero-order chi connectivity index (χ0) is 21.4. The molecule has 1 atom stereocenters. The SMILES string of the molecule is C.CC(=O)NC[C@H]1CN(c2ccc(-c3ccn4cc(C(=O)O)nc4c3)c(F)c2)C(=O)O1. The highest BCUT2D eigenvalue weighted by molar-refractivity contribution is 5.90. The van der Waals surface area contributed by atoms with Gasteiger partial charge in [0.2, 0.25) is 5.91 Å². The van der Waals surface area contributed by atoms with E-state index in [9.17, 15) is 18.8 Å². The monoisotopic (exact) mass is 428 g/mol. The van der Waals surface area contributed by atoms with Crippen molar-refractivity contribution in [2.45, 2.75) is 20.5 Å². The van der Waals surface area contributed by atoms with Gasteiger partial charge in [-0.15, -0.1) is 0 Å². The molecule has 2 aromatic heterocycles. The van der Waals surface area contributed by atoms with Gasteiger partial charge in [-0.25, -0.2) is 19.0 Å². The zero-order valence-electron chi connectivity index (χ0n) is 15.8. The summed E-state index contributed by atoms with van der Waals surface area (Å²) < 4.78 is 21.6. The predicted molar refractivity (Wildman–Crippen MR) is 111 cm³/mol. The van der Waals surface area contributed by atoms with Crippen molar-refractivity contribution in [2.75, 3.05) is 18.0 Å². The van der Waals surface area contributed by atoms with Crippen LogP contribution in [0.25, 0.3) is 16.8 Å². The number of ether oxygens (including phenoxy) is 1. The second kappa shape index (κ2) is 8.42.